The lowest BCUT2D eigenvalue weighted by Crippen LogP contribution is -2.44. The number of fused-ring (bicyclic) bond motifs is 1. The number of benzene rings is 2. The number of ether oxygens (including phenoxy) is 1. The molecule has 0 aromatic heterocycles. The Morgan fingerprint density at radius 2 is 1.81 bits per heavy atom. The van der Waals surface area contributed by atoms with Gasteiger partial charge in [0.15, 0.2) is 0 Å². The summed E-state index contributed by atoms with van der Waals surface area (Å²) >= 11 is 0. The van der Waals surface area contributed by atoms with Crippen molar-refractivity contribution in [3.05, 3.63) is 59.7 Å². The van der Waals surface area contributed by atoms with Gasteiger partial charge in [0, 0.05) is 18.2 Å². The first kappa shape index (κ1) is 22.8. The van der Waals surface area contributed by atoms with E-state index in [1.807, 2.05) is 17.9 Å². The van der Waals surface area contributed by atoms with Crippen LogP contribution in [0, 0.1) is 12.8 Å². The molecule has 4 rings (SSSR count). The SMILES string of the molecule is COC(=O)[C@@H]1C[C@@H]2CC[C@@H](O)C[C@@H]2N1Cc1ccccc1OS(=O)(=O)c1ccc(C)cc1. The van der Waals surface area contributed by atoms with Crippen LogP contribution >= 0.6 is 0 Å². The first-order valence-electron chi connectivity index (χ1n) is 10.9. The van der Waals surface area contributed by atoms with Crippen LogP contribution in [0.2, 0.25) is 0 Å². The average Bonchev–Trinajstić information content (AvgIpc) is 3.12. The molecule has 1 heterocycles. The average molecular weight is 460 g/mol. The molecule has 1 saturated heterocycles. The van der Waals surface area contributed by atoms with Crippen molar-refractivity contribution in [1.82, 2.24) is 4.90 Å². The van der Waals surface area contributed by atoms with Crippen molar-refractivity contribution in [3.63, 3.8) is 0 Å². The van der Waals surface area contributed by atoms with Crippen LogP contribution in [0.1, 0.15) is 36.8 Å². The fourth-order valence-electron chi connectivity index (χ4n) is 4.90. The maximum absolute atomic E-state index is 12.8. The van der Waals surface area contributed by atoms with Crippen molar-refractivity contribution in [2.24, 2.45) is 5.92 Å². The number of likely N-dealkylation sites (tertiary alicyclic amines) is 1. The van der Waals surface area contributed by atoms with Crippen LogP contribution in [0.5, 0.6) is 5.75 Å². The largest absolute Gasteiger partial charge is 0.468 e. The van der Waals surface area contributed by atoms with Crippen LogP contribution in [0.4, 0.5) is 0 Å². The molecule has 2 aromatic carbocycles. The number of para-hydroxylation sites is 1. The maximum atomic E-state index is 12.8. The van der Waals surface area contributed by atoms with E-state index < -0.39 is 22.3 Å². The second-order valence-corrected chi connectivity index (χ2v) is 10.2. The number of aryl methyl sites for hydroxylation is 1. The van der Waals surface area contributed by atoms with Crippen LogP contribution in [-0.2, 0) is 26.2 Å². The zero-order valence-corrected chi connectivity index (χ0v) is 19.1. The molecule has 0 radical (unpaired) electrons. The maximum Gasteiger partial charge on any atom is 0.339 e. The molecule has 32 heavy (non-hydrogen) atoms. The predicted molar refractivity (Wildman–Crippen MR) is 119 cm³/mol. The first-order valence-corrected chi connectivity index (χ1v) is 12.3. The molecular weight excluding hydrogens is 430 g/mol. The summed E-state index contributed by atoms with van der Waals surface area (Å²) in [5, 5.41) is 10.2. The molecule has 0 amide bonds. The minimum Gasteiger partial charge on any atom is -0.468 e. The Bertz CT molecular complexity index is 1070. The Kier molecular flexibility index (Phi) is 6.55. The van der Waals surface area contributed by atoms with Gasteiger partial charge in [0.05, 0.1) is 13.2 Å². The van der Waals surface area contributed by atoms with Crippen molar-refractivity contribution in [2.75, 3.05) is 7.11 Å². The van der Waals surface area contributed by atoms with Crippen molar-refractivity contribution in [3.8, 4) is 5.75 Å². The van der Waals surface area contributed by atoms with Crippen LogP contribution in [-0.4, -0.2) is 49.7 Å². The Balaban J connectivity index is 1.61. The third-order valence-electron chi connectivity index (χ3n) is 6.59. The zero-order valence-electron chi connectivity index (χ0n) is 18.3. The molecule has 0 spiro atoms. The molecule has 1 aliphatic heterocycles. The second-order valence-electron chi connectivity index (χ2n) is 8.70. The van der Waals surface area contributed by atoms with Gasteiger partial charge in [-0.1, -0.05) is 35.9 Å². The molecule has 1 N–H and O–H groups in total. The Morgan fingerprint density at radius 3 is 2.53 bits per heavy atom. The molecule has 8 heteroatoms. The molecular formula is C24H29NO6S. The minimum absolute atomic E-state index is 0.0320. The number of hydrogen-bond acceptors (Lipinski definition) is 7. The normalized spacial score (nSPS) is 25.8. The number of aliphatic hydroxyl groups excluding tert-OH is 1. The summed E-state index contributed by atoms with van der Waals surface area (Å²) in [5.74, 6) is 0.225. The molecule has 2 aliphatic rings. The third kappa shape index (κ3) is 4.67. The van der Waals surface area contributed by atoms with E-state index in [4.69, 9.17) is 8.92 Å². The molecule has 2 aromatic rings. The van der Waals surface area contributed by atoms with E-state index in [1.165, 1.54) is 19.2 Å². The van der Waals surface area contributed by atoms with Crippen molar-refractivity contribution in [1.29, 1.82) is 0 Å². The predicted octanol–water partition coefficient (Wildman–Crippen LogP) is 3.04. The number of esters is 1. The summed E-state index contributed by atoms with van der Waals surface area (Å²) in [4.78, 5) is 14.6. The lowest BCUT2D eigenvalue weighted by atomic mass is 9.83. The fraction of sp³-hybridized carbons (Fsp3) is 0.458. The summed E-state index contributed by atoms with van der Waals surface area (Å²) in [6, 6.07) is 13.1. The summed E-state index contributed by atoms with van der Waals surface area (Å²) < 4.78 is 36.3. The van der Waals surface area contributed by atoms with Gasteiger partial charge < -0.3 is 14.0 Å². The Morgan fingerprint density at radius 1 is 1.09 bits per heavy atom. The van der Waals surface area contributed by atoms with Gasteiger partial charge >= 0.3 is 16.1 Å². The number of hydrogen-bond donors (Lipinski definition) is 1. The van der Waals surface area contributed by atoms with Crippen molar-refractivity contribution < 1.29 is 27.2 Å². The smallest absolute Gasteiger partial charge is 0.339 e. The summed E-state index contributed by atoms with van der Waals surface area (Å²) in [6.07, 6.45) is 2.45. The third-order valence-corrected chi connectivity index (χ3v) is 7.84. The second kappa shape index (κ2) is 9.21. The van der Waals surface area contributed by atoms with Gasteiger partial charge in [-0.3, -0.25) is 9.69 Å². The van der Waals surface area contributed by atoms with Crippen molar-refractivity contribution in [2.45, 2.75) is 62.2 Å². The minimum atomic E-state index is -4.00. The van der Waals surface area contributed by atoms with Gasteiger partial charge in [-0.25, -0.2) is 0 Å². The van der Waals surface area contributed by atoms with Crippen molar-refractivity contribution >= 4 is 16.1 Å². The summed E-state index contributed by atoms with van der Waals surface area (Å²) in [7, 11) is -2.63. The van der Waals surface area contributed by atoms with Gasteiger partial charge in [-0.2, -0.15) is 8.42 Å². The quantitative estimate of drug-likeness (QED) is 0.524. The van der Waals surface area contributed by atoms with E-state index in [-0.39, 0.29) is 22.7 Å². The highest BCUT2D eigenvalue weighted by Crippen LogP contribution is 2.41. The van der Waals surface area contributed by atoms with Gasteiger partial charge in [0.1, 0.15) is 16.7 Å². The number of nitrogens with zero attached hydrogens (tertiary/aromatic N) is 1. The fourth-order valence-corrected chi connectivity index (χ4v) is 5.87. The molecule has 4 atom stereocenters. The van der Waals surface area contributed by atoms with E-state index >= 15 is 0 Å². The highest BCUT2D eigenvalue weighted by Gasteiger charge is 2.47. The molecule has 0 bridgehead atoms. The summed E-state index contributed by atoms with van der Waals surface area (Å²) in [5.41, 5.74) is 1.62. The van der Waals surface area contributed by atoms with E-state index in [2.05, 4.69) is 0 Å². The highest BCUT2D eigenvalue weighted by molar-refractivity contribution is 7.87. The molecule has 0 unspecified atom stereocenters. The topological polar surface area (TPSA) is 93.1 Å². The van der Waals surface area contributed by atoms with Gasteiger partial charge in [0.2, 0.25) is 0 Å². The monoisotopic (exact) mass is 459 g/mol. The Hall–Kier alpha value is -2.42. The van der Waals surface area contributed by atoms with Gasteiger partial charge in [-0.15, -0.1) is 0 Å². The first-order chi connectivity index (χ1) is 15.3. The highest BCUT2D eigenvalue weighted by atomic mass is 32.2. The van der Waals surface area contributed by atoms with E-state index in [0.29, 0.717) is 30.9 Å². The van der Waals surface area contributed by atoms with Crippen LogP contribution in [0.3, 0.4) is 0 Å². The molecule has 1 saturated carbocycles. The number of aliphatic hydroxyl groups is 1. The van der Waals surface area contributed by atoms with Crippen LogP contribution < -0.4 is 4.18 Å². The molecule has 2 fully saturated rings. The van der Waals surface area contributed by atoms with Crippen LogP contribution in [0.25, 0.3) is 0 Å². The van der Waals surface area contributed by atoms with E-state index in [1.54, 1.807) is 30.3 Å². The number of rotatable bonds is 6. The molecule has 7 nitrogen and oxygen atoms in total. The lowest BCUT2D eigenvalue weighted by Gasteiger charge is -2.35. The van der Waals surface area contributed by atoms with Gasteiger partial charge in [-0.05, 0) is 56.7 Å². The number of methoxy groups -OCH3 is 1. The number of carbonyl (C=O) groups is 1. The zero-order chi connectivity index (χ0) is 22.9. The van der Waals surface area contributed by atoms with E-state index in [9.17, 15) is 18.3 Å². The van der Waals surface area contributed by atoms with Crippen LogP contribution in [0.15, 0.2) is 53.4 Å². The van der Waals surface area contributed by atoms with Gasteiger partial charge in [0.25, 0.3) is 0 Å². The number of carbonyl (C=O) groups excluding carboxylic acids is 1. The summed E-state index contributed by atoms with van der Waals surface area (Å²) in [6.45, 7) is 2.21. The van der Waals surface area contributed by atoms with E-state index in [0.717, 1.165) is 18.4 Å². The molecule has 1 aliphatic carbocycles. The molecule has 172 valence electrons. The Labute approximate surface area is 189 Å². The lowest BCUT2D eigenvalue weighted by molar-refractivity contribution is -0.146. The standard InChI is InChI=1S/C24H29NO6S/c1-16-7-11-20(12-8-16)32(28,29)31-23-6-4-3-5-18(23)15-25-21-14-19(26)10-9-17(21)13-22(25)24(27)30-2/h3-8,11-12,17,19,21-22,26H,9-10,13-15H2,1-2H3/t17-,19+,21-,22-/m0/s1.